The van der Waals surface area contributed by atoms with E-state index in [1.165, 1.54) is 6.42 Å². The van der Waals surface area contributed by atoms with Crippen LogP contribution in [0.3, 0.4) is 0 Å². The monoisotopic (exact) mass is 127 g/mol. The highest BCUT2D eigenvalue weighted by molar-refractivity contribution is 4.77. The van der Waals surface area contributed by atoms with Crippen LogP contribution in [-0.2, 0) is 4.74 Å². The van der Waals surface area contributed by atoms with Crippen molar-refractivity contribution >= 4 is 0 Å². The second-order valence-electron chi connectivity index (χ2n) is 2.27. The molecule has 1 aliphatic rings. The summed E-state index contributed by atoms with van der Waals surface area (Å²) in [7, 11) is 0. The molecule has 0 aliphatic carbocycles. The van der Waals surface area contributed by atoms with Gasteiger partial charge in [-0.2, -0.15) is 0 Å². The molecule has 0 spiro atoms. The maximum atomic E-state index is 5.21. The zero-order valence-electron chi connectivity index (χ0n) is 5.60. The van der Waals surface area contributed by atoms with Gasteiger partial charge in [-0.05, 0) is 13.0 Å². The zero-order valence-corrected chi connectivity index (χ0v) is 5.60. The predicted octanol–water partition coefficient (Wildman–Crippen LogP) is 0.551. The van der Waals surface area contributed by atoms with Crippen molar-refractivity contribution in [1.82, 2.24) is 5.32 Å². The van der Waals surface area contributed by atoms with Crippen LogP contribution in [0, 0.1) is 0 Å². The minimum absolute atomic E-state index is 0.616. The van der Waals surface area contributed by atoms with Crippen molar-refractivity contribution in [3.8, 4) is 0 Å². The molecule has 0 radical (unpaired) electrons. The molecule has 1 saturated heterocycles. The molecule has 1 N–H and O–H groups in total. The van der Waals surface area contributed by atoms with Gasteiger partial charge in [-0.3, -0.25) is 0 Å². The van der Waals surface area contributed by atoms with Crippen molar-refractivity contribution in [1.29, 1.82) is 0 Å². The summed E-state index contributed by atoms with van der Waals surface area (Å²) in [6, 6.07) is 0.616. The maximum absolute atomic E-state index is 5.21. The Kier molecular flexibility index (Phi) is 2.74. The maximum Gasteiger partial charge on any atom is 0.0645 e. The minimum atomic E-state index is 0.616. The van der Waals surface area contributed by atoms with E-state index in [4.69, 9.17) is 4.74 Å². The summed E-state index contributed by atoms with van der Waals surface area (Å²) >= 11 is 0. The highest BCUT2D eigenvalue weighted by Gasteiger charge is 2.14. The zero-order chi connectivity index (χ0) is 6.53. The van der Waals surface area contributed by atoms with E-state index in [9.17, 15) is 0 Å². The first-order chi connectivity index (χ1) is 4.43. The molecule has 0 aromatic carbocycles. The minimum Gasteiger partial charge on any atom is -0.376 e. The molecule has 0 saturated carbocycles. The third-order valence-corrected chi connectivity index (χ3v) is 1.48. The van der Waals surface area contributed by atoms with Crippen LogP contribution in [0.5, 0.6) is 0 Å². The number of rotatable bonds is 4. The highest BCUT2D eigenvalue weighted by Crippen LogP contribution is 2.00. The average molecular weight is 127 g/mol. The molecule has 1 heterocycles. The van der Waals surface area contributed by atoms with E-state index in [2.05, 4.69) is 11.9 Å². The lowest BCUT2D eigenvalue weighted by Crippen LogP contribution is -2.45. The number of hydrogen-bond donors (Lipinski definition) is 1. The van der Waals surface area contributed by atoms with Crippen LogP contribution in [-0.4, -0.2) is 25.8 Å². The molecule has 1 rings (SSSR count). The summed E-state index contributed by atoms with van der Waals surface area (Å²) < 4.78 is 5.21. The van der Waals surface area contributed by atoms with Crippen LogP contribution >= 0.6 is 0 Å². The van der Waals surface area contributed by atoms with Crippen molar-refractivity contribution < 1.29 is 4.74 Å². The van der Waals surface area contributed by atoms with Crippen molar-refractivity contribution in [2.75, 3.05) is 19.8 Å². The fourth-order valence-corrected chi connectivity index (χ4v) is 0.784. The van der Waals surface area contributed by atoms with Gasteiger partial charge in [-0.25, -0.2) is 0 Å². The van der Waals surface area contributed by atoms with E-state index in [-0.39, 0.29) is 0 Å². The fraction of sp³-hybridized carbons (Fsp3) is 0.714. The molecule has 0 amide bonds. The molecule has 1 unspecified atom stereocenters. The second kappa shape index (κ2) is 3.64. The molecule has 1 atom stereocenters. The molecule has 52 valence electrons. The summed E-state index contributed by atoms with van der Waals surface area (Å²) in [6.07, 6.45) is 3.04. The summed E-state index contributed by atoms with van der Waals surface area (Å²) in [6.45, 7) is 6.23. The molecule has 2 heteroatoms. The molecule has 0 aromatic heterocycles. The number of hydrogen-bond acceptors (Lipinski definition) is 2. The van der Waals surface area contributed by atoms with E-state index < -0.39 is 0 Å². The van der Waals surface area contributed by atoms with E-state index >= 15 is 0 Å². The lowest BCUT2D eigenvalue weighted by Gasteiger charge is -2.26. The predicted molar refractivity (Wildman–Crippen MR) is 37.4 cm³/mol. The van der Waals surface area contributed by atoms with E-state index in [1.807, 2.05) is 0 Å². The summed E-state index contributed by atoms with van der Waals surface area (Å²) in [4.78, 5) is 0. The molecule has 0 bridgehead atoms. The Morgan fingerprint density at radius 1 is 1.78 bits per heavy atom. The van der Waals surface area contributed by atoms with Crippen molar-refractivity contribution in [3.05, 3.63) is 12.7 Å². The third-order valence-electron chi connectivity index (χ3n) is 1.48. The molecular formula is C7H13NO. The Balaban J connectivity index is 1.85. The van der Waals surface area contributed by atoms with Crippen molar-refractivity contribution in [2.24, 2.45) is 0 Å². The van der Waals surface area contributed by atoms with E-state index in [0.717, 1.165) is 13.2 Å². The summed E-state index contributed by atoms with van der Waals surface area (Å²) in [5, 5.41) is 3.25. The van der Waals surface area contributed by atoms with Gasteiger partial charge < -0.3 is 10.1 Å². The van der Waals surface area contributed by atoms with Gasteiger partial charge in [0.2, 0.25) is 0 Å². The Bertz CT molecular complexity index is 88.9. The molecule has 1 fully saturated rings. The van der Waals surface area contributed by atoms with Gasteiger partial charge in [-0.15, -0.1) is 6.58 Å². The molecule has 0 aromatic rings. The largest absolute Gasteiger partial charge is 0.376 e. The van der Waals surface area contributed by atoms with Gasteiger partial charge in [0.1, 0.15) is 0 Å². The first kappa shape index (κ1) is 6.78. The molecule has 9 heavy (non-hydrogen) atoms. The smallest absolute Gasteiger partial charge is 0.0645 e. The van der Waals surface area contributed by atoms with Crippen molar-refractivity contribution in [3.63, 3.8) is 0 Å². The van der Waals surface area contributed by atoms with E-state index in [0.29, 0.717) is 12.6 Å². The van der Waals surface area contributed by atoms with Crippen LogP contribution in [0.15, 0.2) is 12.7 Å². The Morgan fingerprint density at radius 2 is 2.56 bits per heavy atom. The van der Waals surface area contributed by atoms with Crippen molar-refractivity contribution in [2.45, 2.75) is 12.5 Å². The van der Waals surface area contributed by atoms with Crippen LogP contribution in [0.25, 0.3) is 0 Å². The molecular weight excluding hydrogens is 114 g/mol. The van der Waals surface area contributed by atoms with Gasteiger partial charge in [-0.1, -0.05) is 6.08 Å². The second-order valence-corrected chi connectivity index (χ2v) is 2.27. The average Bonchev–Trinajstić information content (AvgIpc) is 1.76. The Labute approximate surface area is 55.9 Å². The highest BCUT2D eigenvalue weighted by atomic mass is 16.5. The summed E-state index contributed by atoms with van der Waals surface area (Å²) in [5.41, 5.74) is 0. The Hall–Kier alpha value is -0.340. The van der Waals surface area contributed by atoms with Gasteiger partial charge in [0.15, 0.2) is 0 Å². The molecule has 2 nitrogen and oxygen atoms in total. The lowest BCUT2D eigenvalue weighted by molar-refractivity contribution is 0.113. The lowest BCUT2D eigenvalue weighted by atomic mass is 10.1. The van der Waals surface area contributed by atoms with Gasteiger partial charge in [0, 0.05) is 6.04 Å². The third kappa shape index (κ3) is 2.16. The standard InChI is InChI=1S/C7H13NO/c1-2-5-9-6-7-3-4-8-7/h2,7-8H,1,3-6H2. The molecule has 1 aliphatic heterocycles. The van der Waals surface area contributed by atoms with Gasteiger partial charge in [0.25, 0.3) is 0 Å². The summed E-state index contributed by atoms with van der Waals surface area (Å²) in [5.74, 6) is 0. The fourth-order valence-electron chi connectivity index (χ4n) is 0.784. The van der Waals surface area contributed by atoms with Gasteiger partial charge >= 0.3 is 0 Å². The number of nitrogens with one attached hydrogen (secondary N) is 1. The van der Waals surface area contributed by atoms with Crippen LogP contribution in [0.4, 0.5) is 0 Å². The Morgan fingerprint density at radius 3 is 3.00 bits per heavy atom. The van der Waals surface area contributed by atoms with Gasteiger partial charge in [0.05, 0.1) is 13.2 Å². The van der Waals surface area contributed by atoms with Crippen LogP contribution < -0.4 is 5.32 Å². The number of ether oxygens (including phenoxy) is 1. The van der Waals surface area contributed by atoms with Crippen LogP contribution in [0.2, 0.25) is 0 Å². The topological polar surface area (TPSA) is 21.3 Å². The first-order valence-corrected chi connectivity index (χ1v) is 3.35. The normalized spacial score (nSPS) is 25.1. The van der Waals surface area contributed by atoms with E-state index in [1.54, 1.807) is 6.08 Å². The van der Waals surface area contributed by atoms with Crippen LogP contribution in [0.1, 0.15) is 6.42 Å². The first-order valence-electron chi connectivity index (χ1n) is 3.35. The quantitative estimate of drug-likeness (QED) is 0.440. The SMILES string of the molecule is C=CCOCC1CCN1.